The van der Waals surface area contributed by atoms with Gasteiger partial charge in [-0.25, -0.2) is 15.0 Å². The number of methoxy groups -OCH3 is 2. The van der Waals surface area contributed by atoms with Crippen LogP contribution in [0, 0.1) is 5.92 Å². The molecule has 1 unspecified atom stereocenters. The zero-order chi connectivity index (χ0) is 17.0. The zero-order valence-corrected chi connectivity index (χ0v) is 13.4. The quantitative estimate of drug-likeness (QED) is 0.341. The number of allylic oxidation sites excluding steroid dienone is 1. The van der Waals surface area contributed by atoms with Gasteiger partial charge in [-0.3, -0.25) is 9.59 Å². The summed E-state index contributed by atoms with van der Waals surface area (Å²) >= 11 is 6.09. The predicted molar refractivity (Wildman–Crippen MR) is 81.7 cm³/mol. The van der Waals surface area contributed by atoms with Crippen molar-refractivity contribution in [1.29, 1.82) is 0 Å². The molecule has 0 saturated carbocycles. The van der Waals surface area contributed by atoms with Crippen molar-refractivity contribution in [1.82, 2.24) is 19.5 Å². The molecule has 23 heavy (non-hydrogen) atoms. The largest absolute Gasteiger partial charge is 0.468 e. The van der Waals surface area contributed by atoms with E-state index < -0.39 is 23.9 Å². The first-order valence-electron chi connectivity index (χ1n) is 6.64. The van der Waals surface area contributed by atoms with Gasteiger partial charge in [-0.05, 0) is 6.42 Å². The van der Waals surface area contributed by atoms with Crippen LogP contribution in [0.2, 0.25) is 5.15 Å². The van der Waals surface area contributed by atoms with E-state index in [0.29, 0.717) is 11.2 Å². The lowest BCUT2D eigenvalue weighted by Gasteiger charge is -2.19. The Kier molecular flexibility index (Phi) is 5.28. The van der Waals surface area contributed by atoms with Crippen molar-refractivity contribution in [3.05, 3.63) is 30.5 Å². The number of ether oxygens (including phenoxy) is 2. The number of carbonyl (C=O) groups excluding carboxylic acids is 2. The molecule has 0 bridgehead atoms. The fourth-order valence-electron chi connectivity index (χ4n) is 2.23. The summed E-state index contributed by atoms with van der Waals surface area (Å²) in [5.74, 6) is -2.46. The van der Waals surface area contributed by atoms with Gasteiger partial charge >= 0.3 is 11.9 Å². The third-order valence-electron chi connectivity index (χ3n) is 3.40. The number of rotatable bonds is 6. The molecule has 8 nitrogen and oxygen atoms in total. The second kappa shape index (κ2) is 7.19. The molecule has 0 N–H and O–H groups in total. The minimum absolute atomic E-state index is 0.0829. The molecule has 0 saturated heterocycles. The molecule has 0 aliphatic heterocycles. The molecule has 2 heterocycles. The van der Waals surface area contributed by atoms with Gasteiger partial charge in [0.15, 0.2) is 16.7 Å². The molecule has 122 valence electrons. The number of aromatic nitrogens is 4. The second-order valence-electron chi connectivity index (χ2n) is 4.63. The van der Waals surface area contributed by atoms with E-state index in [9.17, 15) is 9.59 Å². The van der Waals surface area contributed by atoms with Crippen molar-refractivity contribution in [2.24, 2.45) is 5.92 Å². The molecule has 2 aromatic heterocycles. The van der Waals surface area contributed by atoms with E-state index in [2.05, 4.69) is 31.0 Å². The molecule has 0 fully saturated rings. The van der Waals surface area contributed by atoms with E-state index >= 15 is 0 Å². The fourth-order valence-corrected chi connectivity index (χ4v) is 2.46. The maximum absolute atomic E-state index is 11.8. The van der Waals surface area contributed by atoms with Gasteiger partial charge in [-0.15, -0.1) is 6.58 Å². The van der Waals surface area contributed by atoms with Crippen LogP contribution in [-0.4, -0.2) is 45.7 Å². The van der Waals surface area contributed by atoms with E-state index in [-0.39, 0.29) is 11.6 Å². The highest BCUT2D eigenvalue weighted by Crippen LogP contribution is 2.27. The molecule has 9 heteroatoms. The Bertz CT molecular complexity index is 729. The summed E-state index contributed by atoms with van der Waals surface area (Å²) in [6.07, 6.45) is 4.46. The molecule has 2 rings (SSSR count). The fraction of sp³-hybridized carbons (Fsp3) is 0.357. The Labute approximate surface area is 137 Å². The van der Waals surface area contributed by atoms with Crippen LogP contribution in [0.4, 0.5) is 0 Å². The number of hydrogen-bond acceptors (Lipinski definition) is 7. The third-order valence-corrected chi connectivity index (χ3v) is 3.68. The molecule has 0 aromatic carbocycles. The van der Waals surface area contributed by atoms with Crippen molar-refractivity contribution in [3.63, 3.8) is 0 Å². The number of fused-ring (bicyclic) bond motifs is 1. The Morgan fingerprint density at radius 3 is 2.52 bits per heavy atom. The number of esters is 2. The van der Waals surface area contributed by atoms with Crippen LogP contribution in [0.15, 0.2) is 25.3 Å². The molecule has 0 aliphatic carbocycles. The summed E-state index contributed by atoms with van der Waals surface area (Å²) < 4.78 is 11.0. The van der Waals surface area contributed by atoms with Crippen LogP contribution in [0.5, 0.6) is 0 Å². The minimum Gasteiger partial charge on any atom is -0.468 e. The van der Waals surface area contributed by atoms with E-state index in [4.69, 9.17) is 11.6 Å². The first-order chi connectivity index (χ1) is 11.0. The lowest BCUT2D eigenvalue weighted by molar-refractivity contribution is -0.159. The predicted octanol–water partition coefficient (Wildman–Crippen LogP) is 1.56. The van der Waals surface area contributed by atoms with Gasteiger partial charge in [0, 0.05) is 0 Å². The average molecular weight is 339 g/mol. The van der Waals surface area contributed by atoms with Gasteiger partial charge in [-0.2, -0.15) is 0 Å². The van der Waals surface area contributed by atoms with Crippen LogP contribution < -0.4 is 0 Å². The molecular formula is C14H15ClN4O4. The van der Waals surface area contributed by atoms with Crippen molar-refractivity contribution >= 4 is 34.7 Å². The van der Waals surface area contributed by atoms with Crippen LogP contribution in [0.3, 0.4) is 0 Å². The maximum atomic E-state index is 11.8. The number of nitrogens with zero attached hydrogens (tertiary/aromatic N) is 4. The molecule has 0 amide bonds. The number of halogens is 1. The van der Waals surface area contributed by atoms with E-state index in [1.54, 1.807) is 10.6 Å². The topological polar surface area (TPSA) is 96.2 Å². The van der Waals surface area contributed by atoms with E-state index in [1.807, 2.05) is 0 Å². The SMILES string of the molecule is C=CC(CC(C(=O)OC)C(=O)OC)n1cnc2ncnc(Cl)c21. The van der Waals surface area contributed by atoms with Crippen LogP contribution in [0.25, 0.3) is 11.2 Å². The highest BCUT2D eigenvalue weighted by molar-refractivity contribution is 6.33. The Hall–Kier alpha value is -2.48. The maximum Gasteiger partial charge on any atom is 0.320 e. The summed E-state index contributed by atoms with van der Waals surface area (Å²) in [4.78, 5) is 35.7. The van der Waals surface area contributed by atoms with Crippen LogP contribution >= 0.6 is 11.6 Å². The molecular weight excluding hydrogens is 324 g/mol. The van der Waals surface area contributed by atoms with Crippen LogP contribution in [-0.2, 0) is 19.1 Å². The summed E-state index contributed by atoms with van der Waals surface area (Å²) in [5.41, 5.74) is 0.900. The van der Waals surface area contributed by atoms with E-state index in [0.717, 1.165) is 0 Å². The summed E-state index contributed by atoms with van der Waals surface area (Å²) in [6.45, 7) is 3.74. The molecule has 2 aromatic rings. The van der Waals surface area contributed by atoms with Gasteiger partial charge in [0.25, 0.3) is 0 Å². The standard InChI is InChI=1S/C14H15ClN4O4/c1-4-8(5-9(13(20)22-2)14(21)23-3)19-7-18-12-10(19)11(15)16-6-17-12/h4,6-9H,1,5H2,2-3H3. The first kappa shape index (κ1) is 16.9. The van der Waals surface area contributed by atoms with Gasteiger partial charge in [-0.1, -0.05) is 17.7 Å². The van der Waals surface area contributed by atoms with Gasteiger partial charge < -0.3 is 14.0 Å². The first-order valence-corrected chi connectivity index (χ1v) is 7.02. The molecule has 0 spiro atoms. The lowest BCUT2D eigenvalue weighted by Crippen LogP contribution is -2.29. The van der Waals surface area contributed by atoms with Crippen LogP contribution in [0.1, 0.15) is 12.5 Å². The highest BCUT2D eigenvalue weighted by Gasteiger charge is 2.32. The summed E-state index contributed by atoms with van der Waals surface area (Å²) in [7, 11) is 2.41. The number of hydrogen-bond donors (Lipinski definition) is 0. The van der Waals surface area contributed by atoms with Crippen molar-refractivity contribution in [2.45, 2.75) is 12.5 Å². The summed E-state index contributed by atoms with van der Waals surface area (Å²) in [6, 6.07) is -0.452. The molecule has 0 radical (unpaired) electrons. The summed E-state index contributed by atoms with van der Waals surface area (Å²) in [5, 5.41) is 0.215. The van der Waals surface area contributed by atoms with Crippen molar-refractivity contribution in [3.8, 4) is 0 Å². The monoisotopic (exact) mass is 338 g/mol. The number of carbonyl (C=O) groups is 2. The zero-order valence-electron chi connectivity index (χ0n) is 12.6. The molecule has 1 atom stereocenters. The van der Waals surface area contributed by atoms with E-state index in [1.165, 1.54) is 26.9 Å². The van der Waals surface area contributed by atoms with Gasteiger partial charge in [0.05, 0.1) is 26.6 Å². The lowest BCUT2D eigenvalue weighted by atomic mass is 9.99. The number of imidazole rings is 1. The average Bonchev–Trinajstić information content (AvgIpc) is 3.00. The highest BCUT2D eigenvalue weighted by atomic mass is 35.5. The Morgan fingerprint density at radius 2 is 1.96 bits per heavy atom. The Balaban J connectivity index is 2.39. The minimum atomic E-state index is -1.09. The van der Waals surface area contributed by atoms with Gasteiger partial charge in [0.1, 0.15) is 11.8 Å². The smallest absolute Gasteiger partial charge is 0.320 e. The van der Waals surface area contributed by atoms with Crippen molar-refractivity contribution in [2.75, 3.05) is 14.2 Å². The normalized spacial score (nSPS) is 12.2. The third kappa shape index (κ3) is 3.31. The Morgan fingerprint density at radius 1 is 1.30 bits per heavy atom. The molecule has 0 aliphatic rings. The van der Waals surface area contributed by atoms with Gasteiger partial charge in [0.2, 0.25) is 0 Å². The van der Waals surface area contributed by atoms with Crippen molar-refractivity contribution < 1.29 is 19.1 Å². The second-order valence-corrected chi connectivity index (χ2v) is 4.98.